The zero-order valence-electron chi connectivity index (χ0n) is 16.8. The van der Waals surface area contributed by atoms with Crippen molar-refractivity contribution >= 4 is 5.96 Å². The predicted molar refractivity (Wildman–Crippen MR) is 110 cm³/mol. The summed E-state index contributed by atoms with van der Waals surface area (Å²) in [6, 6.07) is 9.91. The minimum Gasteiger partial charge on any atom is -0.489 e. The van der Waals surface area contributed by atoms with Crippen LogP contribution in [-0.4, -0.2) is 57.6 Å². The Balaban J connectivity index is 1.65. The lowest BCUT2D eigenvalue weighted by Gasteiger charge is -2.17. The number of rotatable bonds is 12. The van der Waals surface area contributed by atoms with E-state index in [0.717, 1.165) is 63.7 Å². The van der Waals surface area contributed by atoms with Crippen molar-refractivity contribution in [1.82, 2.24) is 10.6 Å². The maximum absolute atomic E-state index is 6.00. The standard InChI is InChI=1S/C21H35N3O3/c1-3-18(27-19-10-6-5-7-11-19)16-24-21(22-4-2)23-13-9-14-25-17-20-12-8-15-26-20/h5-7,10-11,18,20H,3-4,8-9,12-17H2,1-2H3,(H2,22,23,24). The third-order valence-electron chi connectivity index (χ3n) is 4.38. The lowest BCUT2D eigenvalue weighted by atomic mass is 10.2. The molecule has 2 unspecified atom stereocenters. The Kier molecular flexibility index (Phi) is 10.7. The molecular formula is C21H35N3O3. The van der Waals surface area contributed by atoms with E-state index in [1.54, 1.807) is 0 Å². The second kappa shape index (κ2) is 13.4. The van der Waals surface area contributed by atoms with E-state index >= 15 is 0 Å². The van der Waals surface area contributed by atoms with Crippen LogP contribution in [0.4, 0.5) is 0 Å². The van der Waals surface area contributed by atoms with Crippen LogP contribution in [0, 0.1) is 0 Å². The summed E-state index contributed by atoms with van der Waals surface area (Å²) in [5.41, 5.74) is 0. The number of nitrogens with one attached hydrogen (secondary N) is 2. The van der Waals surface area contributed by atoms with Crippen molar-refractivity contribution in [3.05, 3.63) is 30.3 Å². The first-order chi connectivity index (χ1) is 13.3. The molecule has 27 heavy (non-hydrogen) atoms. The fourth-order valence-corrected chi connectivity index (χ4v) is 2.85. The molecule has 1 heterocycles. The van der Waals surface area contributed by atoms with Gasteiger partial charge >= 0.3 is 0 Å². The van der Waals surface area contributed by atoms with Crippen molar-refractivity contribution < 1.29 is 14.2 Å². The van der Waals surface area contributed by atoms with Gasteiger partial charge in [-0.3, -0.25) is 0 Å². The second-order valence-corrected chi connectivity index (χ2v) is 6.67. The van der Waals surface area contributed by atoms with Gasteiger partial charge in [0.2, 0.25) is 0 Å². The first kappa shape index (κ1) is 21.5. The number of para-hydroxylation sites is 1. The van der Waals surface area contributed by atoms with Gasteiger partial charge in [0.05, 0.1) is 19.3 Å². The van der Waals surface area contributed by atoms with E-state index in [1.165, 1.54) is 0 Å². The number of benzene rings is 1. The molecule has 2 rings (SSSR count). The quantitative estimate of drug-likeness (QED) is 0.333. The van der Waals surface area contributed by atoms with E-state index in [-0.39, 0.29) is 6.10 Å². The molecule has 6 heteroatoms. The van der Waals surface area contributed by atoms with E-state index in [2.05, 4.69) is 29.5 Å². The molecule has 0 aromatic heterocycles. The van der Waals surface area contributed by atoms with Crippen LogP contribution in [0.2, 0.25) is 0 Å². The Morgan fingerprint density at radius 3 is 2.81 bits per heavy atom. The fourth-order valence-electron chi connectivity index (χ4n) is 2.85. The highest BCUT2D eigenvalue weighted by molar-refractivity contribution is 5.79. The van der Waals surface area contributed by atoms with Gasteiger partial charge in [0.1, 0.15) is 11.9 Å². The van der Waals surface area contributed by atoms with Crippen LogP contribution in [-0.2, 0) is 9.47 Å². The van der Waals surface area contributed by atoms with Crippen LogP contribution in [0.5, 0.6) is 5.75 Å². The van der Waals surface area contributed by atoms with E-state index in [4.69, 9.17) is 14.2 Å². The van der Waals surface area contributed by atoms with Crippen molar-refractivity contribution in [3.8, 4) is 5.75 Å². The number of hydrogen-bond acceptors (Lipinski definition) is 4. The minimum absolute atomic E-state index is 0.0672. The maximum atomic E-state index is 6.00. The molecule has 1 fully saturated rings. The number of guanidine groups is 1. The molecule has 0 radical (unpaired) electrons. The molecule has 2 atom stereocenters. The molecule has 1 aromatic rings. The predicted octanol–water partition coefficient (Wildman–Crippen LogP) is 2.98. The Labute approximate surface area is 163 Å². The average molecular weight is 378 g/mol. The molecule has 0 amide bonds. The second-order valence-electron chi connectivity index (χ2n) is 6.67. The van der Waals surface area contributed by atoms with Gasteiger partial charge in [0, 0.05) is 26.3 Å². The van der Waals surface area contributed by atoms with E-state index in [9.17, 15) is 0 Å². The van der Waals surface area contributed by atoms with E-state index in [0.29, 0.717) is 19.3 Å². The smallest absolute Gasteiger partial charge is 0.191 e. The largest absolute Gasteiger partial charge is 0.489 e. The lowest BCUT2D eigenvalue weighted by molar-refractivity contribution is 0.0168. The highest BCUT2D eigenvalue weighted by atomic mass is 16.5. The van der Waals surface area contributed by atoms with Crippen molar-refractivity contribution in [1.29, 1.82) is 0 Å². The number of ether oxygens (including phenoxy) is 3. The summed E-state index contributed by atoms with van der Waals surface area (Å²) >= 11 is 0. The third-order valence-corrected chi connectivity index (χ3v) is 4.38. The van der Waals surface area contributed by atoms with Crippen LogP contribution >= 0.6 is 0 Å². The highest BCUT2D eigenvalue weighted by Gasteiger charge is 2.15. The molecule has 0 bridgehead atoms. The Morgan fingerprint density at radius 2 is 2.11 bits per heavy atom. The van der Waals surface area contributed by atoms with Gasteiger partial charge in [-0.15, -0.1) is 0 Å². The number of aliphatic imine (C=N–C) groups is 1. The summed E-state index contributed by atoms with van der Waals surface area (Å²) < 4.78 is 17.3. The van der Waals surface area contributed by atoms with Gasteiger partial charge in [0.25, 0.3) is 0 Å². The van der Waals surface area contributed by atoms with Gasteiger partial charge in [-0.1, -0.05) is 25.1 Å². The maximum Gasteiger partial charge on any atom is 0.191 e. The third kappa shape index (κ3) is 9.11. The first-order valence-corrected chi connectivity index (χ1v) is 10.2. The fraction of sp³-hybridized carbons (Fsp3) is 0.667. The molecule has 1 aliphatic heterocycles. The Bertz CT molecular complexity index is 519. The van der Waals surface area contributed by atoms with Crippen molar-refractivity contribution in [3.63, 3.8) is 0 Å². The summed E-state index contributed by atoms with van der Waals surface area (Å²) in [5.74, 6) is 1.72. The lowest BCUT2D eigenvalue weighted by Crippen LogP contribution is -2.39. The molecule has 0 aliphatic carbocycles. The zero-order chi connectivity index (χ0) is 19.2. The number of hydrogen-bond donors (Lipinski definition) is 2. The van der Waals surface area contributed by atoms with Gasteiger partial charge in [0.15, 0.2) is 5.96 Å². The molecular weight excluding hydrogens is 342 g/mol. The zero-order valence-corrected chi connectivity index (χ0v) is 16.8. The number of nitrogens with zero attached hydrogens (tertiary/aromatic N) is 1. The van der Waals surface area contributed by atoms with Crippen molar-refractivity contribution in [2.45, 2.75) is 51.7 Å². The normalized spacial score (nSPS) is 18.3. The highest BCUT2D eigenvalue weighted by Crippen LogP contribution is 2.13. The van der Waals surface area contributed by atoms with Crippen LogP contribution in [0.1, 0.15) is 39.5 Å². The Hall–Kier alpha value is -1.79. The van der Waals surface area contributed by atoms with Crippen LogP contribution < -0.4 is 15.4 Å². The molecule has 1 aromatic carbocycles. The van der Waals surface area contributed by atoms with Gasteiger partial charge in [-0.25, -0.2) is 4.99 Å². The molecule has 2 N–H and O–H groups in total. The first-order valence-electron chi connectivity index (χ1n) is 10.2. The minimum atomic E-state index is 0.0672. The molecule has 152 valence electrons. The molecule has 1 saturated heterocycles. The van der Waals surface area contributed by atoms with Crippen LogP contribution in [0.15, 0.2) is 35.3 Å². The van der Waals surface area contributed by atoms with Crippen molar-refractivity contribution in [2.24, 2.45) is 4.99 Å². The summed E-state index contributed by atoms with van der Waals surface area (Å²) in [5, 5.41) is 6.65. The van der Waals surface area contributed by atoms with Crippen LogP contribution in [0.25, 0.3) is 0 Å². The van der Waals surface area contributed by atoms with Gasteiger partial charge < -0.3 is 24.8 Å². The topological polar surface area (TPSA) is 64.1 Å². The monoisotopic (exact) mass is 377 g/mol. The summed E-state index contributed by atoms with van der Waals surface area (Å²) in [6.45, 7) is 8.80. The molecule has 0 spiro atoms. The van der Waals surface area contributed by atoms with E-state index in [1.807, 2.05) is 30.3 Å². The SMILES string of the molecule is CCNC(=NCC(CC)Oc1ccccc1)NCCCOCC1CCCO1. The summed E-state index contributed by atoms with van der Waals surface area (Å²) in [4.78, 5) is 4.67. The van der Waals surface area contributed by atoms with Gasteiger partial charge in [-0.05, 0) is 44.7 Å². The Morgan fingerprint density at radius 1 is 1.26 bits per heavy atom. The average Bonchev–Trinajstić information content (AvgIpc) is 3.21. The van der Waals surface area contributed by atoms with Crippen molar-refractivity contribution in [2.75, 3.05) is 39.5 Å². The molecule has 6 nitrogen and oxygen atoms in total. The molecule has 1 aliphatic rings. The summed E-state index contributed by atoms with van der Waals surface area (Å²) in [6.07, 6.45) is 4.50. The summed E-state index contributed by atoms with van der Waals surface area (Å²) in [7, 11) is 0. The molecule has 0 saturated carbocycles. The van der Waals surface area contributed by atoms with Crippen LogP contribution in [0.3, 0.4) is 0 Å². The van der Waals surface area contributed by atoms with Gasteiger partial charge in [-0.2, -0.15) is 0 Å². The van der Waals surface area contributed by atoms with E-state index < -0.39 is 0 Å².